The molecule has 2 nitrogen and oxygen atoms in total. The van der Waals surface area contributed by atoms with E-state index in [0.717, 1.165) is 24.6 Å². The van der Waals surface area contributed by atoms with Gasteiger partial charge in [0.15, 0.2) is 0 Å². The molecule has 0 saturated heterocycles. The van der Waals surface area contributed by atoms with Gasteiger partial charge in [-0.25, -0.2) is 0 Å². The molecule has 0 heterocycles. The molecule has 0 aromatic heterocycles. The fraction of sp³-hybridized carbons (Fsp3) is 0.684. The summed E-state index contributed by atoms with van der Waals surface area (Å²) in [6, 6.07) is 9.09. The monoisotopic (exact) mass is 291 g/mol. The number of ether oxygens (including phenoxy) is 1. The van der Waals surface area contributed by atoms with Gasteiger partial charge >= 0.3 is 0 Å². The molecule has 0 aliphatic heterocycles. The van der Waals surface area contributed by atoms with Crippen LogP contribution in [0.25, 0.3) is 0 Å². The molecule has 2 heteroatoms. The Bertz CT molecular complexity index is 372. The molecule has 0 amide bonds. The highest BCUT2D eigenvalue weighted by atomic mass is 16.5. The van der Waals surface area contributed by atoms with Crippen molar-refractivity contribution in [1.29, 1.82) is 0 Å². The van der Waals surface area contributed by atoms with Crippen LogP contribution >= 0.6 is 0 Å². The minimum absolute atomic E-state index is 0.560. The van der Waals surface area contributed by atoms with E-state index in [1.54, 1.807) is 7.11 Å². The first-order valence-corrected chi connectivity index (χ1v) is 8.41. The zero-order valence-electron chi connectivity index (χ0n) is 14.5. The van der Waals surface area contributed by atoms with Gasteiger partial charge in [0, 0.05) is 6.04 Å². The summed E-state index contributed by atoms with van der Waals surface area (Å²) in [6.45, 7) is 10.2. The predicted molar refractivity (Wildman–Crippen MR) is 92.0 cm³/mol. The zero-order chi connectivity index (χ0) is 15.7. The Hall–Kier alpha value is -1.02. The number of hydrogen-bond donors (Lipinski definition) is 1. The van der Waals surface area contributed by atoms with Crippen molar-refractivity contribution in [2.75, 3.05) is 13.7 Å². The van der Waals surface area contributed by atoms with E-state index >= 15 is 0 Å². The molecule has 1 aromatic rings. The van der Waals surface area contributed by atoms with Gasteiger partial charge < -0.3 is 10.1 Å². The molecule has 0 radical (unpaired) electrons. The molecule has 2 atom stereocenters. The zero-order valence-corrected chi connectivity index (χ0v) is 14.5. The van der Waals surface area contributed by atoms with Crippen molar-refractivity contribution >= 4 is 0 Å². The maximum atomic E-state index is 5.24. The molecule has 0 spiro atoms. The van der Waals surface area contributed by atoms with Crippen LogP contribution in [0.5, 0.6) is 5.75 Å². The third-order valence-electron chi connectivity index (χ3n) is 4.02. The summed E-state index contributed by atoms with van der Waals surface area (Å²) in [6.07, 6.45) is 5.08. The first kappa shape index (κ1) is 18.0. The lowest BCUT2D eigenvalue weighted by Gasteiger charge is -2.23. The Morgan fingerprint density at radius 1 is 1.10 bits per heavy atom. The van der Waals surface area contributed by atoms with Crippen LogP contribution < -0.4 is 10.1 Å². The minimum atomic E-state index is 0.560. The third-order valence-corrected chi connectivity index (χ3v) is 4.02. The molecular weight excluding hydrogens is 258 g/mol. The summed E-state index contributed by atoms with van der Waals surface area (Å²) >= 11 is 0. The second-order valence-electron chi connectivity index (χ2n) is 6.61. The molecule has 1 N–H and O–H groups in total. The highest BCUT2D eigenvalue weighted by Gasteiger charge is 2.14. The van der Waals surface area contributed by atoms with Gasteiger partial charge in [0.05, 0.1) is 7.11 Å². The molecule has 0 aliphatic carbocycles. The topological polar surface area (TPSA) is 21.3 Å². The van der Waals surface area contributed by atoms with Crippen molar-refractivity contribution in [1.82, 2.24) is 5.32 Å². The summed E-state index contributed by atoms with van der Waals surface area (Å²) in [4.78, 5) is 0. The summed E-state index contributed by atoms with van der Waals surface area (Å²) in [5, 5.41) is 3.61. The lowest BCUT2D eigenvalue weighted by Crippen LogP contribution is -2.30. The average Bonchev–Trinajstić information content (AvgIpc) is 2.45. The van der Waals surface area contributed by atoms with Crippen LogP contribution in [0, 0.1) is 11.8 Å². The highest BCUT2D eigenvalue weighted by molar-refractivity contribution is 5.27. The first-order chi connectivity index (χ1) is 10.0. The summed E-state index contributed by atoms with van der Waals surface area (Å²) in [7, 11) is 1.72. The maximum absolute atomic E-state index is 5.24. The van der Waals surface area contributed by atoms with Crippen molar-refractivity contribution in [3.8, 4) is 5.75 Å². The molecule has 21 heavy (non-hydrogen) atoms. The molecule has 0 saturated carbocycles. The molecule has 2 unspecified atom stereocenters. The minimum Gasteiger partial charge on any atom is -0.497 e. The summed E-state index contributed by atoms with van der Waals surface area (Å²) in [5.41, 5.74) is 1.41. The fourth-order valence-electron chi connectivity index (χ4n) is 2.92. The van der Waals surface area contributed by atoms with E-state index in [9.17, 15) is 0 Å². The van der Waals surface area contributed by atoms with Crippen LogP contribution in [0.4, 0.5) is 0 Å². The first-order valence-electron chi connectivity index (χ1n) is 8.41. The molecule has 1 rings (SSSR count). The Labute approximate surface area is 131 Å². The van der Waals surface area contributed by atoms with Crippen LogP contribution in [0.3, 0.4) is 0 Å². The largest absolute Gasteiger partial charge is 0.497 e. The van der Waals surface area contributed by atoms with E-state index in [1.807, 2.05) is 0 Å². The van der Waals surface area contributed by atoms with E-state index in [4.69, 9.17) is 4.74 Å². The summed E-state index contributed by atoms with van der Waals surface area (Å²) in [5.74, 6) is 2.46. The van der Waals surface area contributed by atoms with E-state index in [0.29, 0.717) is 12.0 Å². The van der Waals surface area contributed by atoms with Gasteiger partial charge in [-0.05, 0) is 48.9 Å². The van der Waals surface area contributed by atoms with Gasteiger partial charge in [-0.2, -0.15) is 0 Å². The van der Waals surface area contributed by atoms with Crippen molar-refractivity contribution < 1.29 is 4.74 Å². The van der Waals surface area contributed by atoms with Crippen LogP contribution in [0.15, 0.2) is 24.3 Å². The molecule has 0 bridgehead atoms. The van der Waals surface area contributed by atoms with Crippen molar-refractivity contribution in [2.24, 2.45) is 11.8 Å². The number of nitrogens with one attached hydrogen (secondary N) is 1. The molecule has 1 aromatic carbocycles. The van der Waals surface area contributed by atoms with Crippen molar-refractivity contribution in [2.45, 2.75) is 59.4 Å². The standard InChI is InChI=1S/C19H33NO/c1-6-7-16(4)12-18(14-20-15(2)3)13-17-8-10-19(21-5)11-9-17/h8-11,15-16,18,20H,6-7,12-14H2,1-5H3. The van der Waals surface area contributed by atoms with Crippen LogP contribution in [-0.4, -0.2) is 19.7 Å². The number of rotatable bonds is 10. The van der Waals surface area contributed by atoms with Crippen LogP contribution in [-0.2, 0) is 6.42 Å². The lowest BCUT2D eigenvalue weighted by atomic mass is 9.88. The number of methoxy groups -OCH3 is 1. The summed E-state index contributed by atoms with van der Waals surface area (Å²) < 4.78 is 5.24. The van der Waals surface area contributed by atoms with E-state index < -0.39 is 0 Å². The van der Waals surface area contributed by atoms with Crippen molar-refractivity contribution in [3.05, 3.63) is 29.8 Å². The average molecular weight is 291 g/mol. The quantitative estimate of drug-likeness (QED) is 0.676. The van der Waals surface area contributed by atoms with Crippen LogP contribution in [0.2, 0.25) is 0 Å². The Morgan fingerprint density at radius 2 is 1.76 bits per heavy atom. The lowest BCUT2D eigenvalue weighted by molar-refractivity contribution is 0.345. The molecule has 120 valence electrons. The molecule has 0 fully saturated rings. The number of benzene rings is 1. The Morgan fingerprint density at radius 3 is 2.29 bits per heavy atom. The third kappa shape index (κ3) is 7.52. The van der Waals surface area contributed by atoms with Gasteiger partial charge in [0.1, 0.15) is 5.75 Å². The Balaban J connectivity index is 2.60. The van der Waals surface area contributed by atoms with Gasteiger partial charge in [0.25, 0.3) is 0 Å². The Kier molecular flexibility index (Phi) is 8.44. The van der Waals surface area contributed by atoms with Gasteiger partial charge in [0.2, 0.25) is 0 Å². The van der Waals surface area contributed by atoms with Gasteiger partial charge in [-0.15, -0.1) is 0 Å². The van der Waals surface area contributed by atoms with E-state index in [-0.39, 0.29) is 0 Å². The van der Waals surface area contributed by atoms with E-state index in [1.165, 1.54) is 24.8 Å². The number of hydrogen-bond acceptors (Lipinski definition) is 2. The van der Waals surface area contributed by atoms with Gasteiger partial charge in [-0.1, -0.05) is 52.7 Å². The normalized spacial score (nSPS) is 14.2. The van der Waals surface area contributed by atoms with E-state index in [2.05, 4.69) is 57.3 Å². The predicted octanol–water partition coefficient (Wildman–Crippen LogP) is 4.68. The molecule has 0 aliphatic rings. The molecular formula is C19H33NO. The maximum Gasteiger partial charge on any atom is 0.118 e. The SMILES string of the molecule is CCCC(C)CC(CNC(C)C)Cc1ccc(OC)cc1. The second-order valence-corrected chi connectivity index (χ2v) is 6.61. The fourth-order valence-corrected chi connectivity index (χ4v) is 2.92. The van der Waals surface area contributed by atoms with Gasteiger partial charge in [-0.3, -0.25) is 0 Å². The van der Waals surface area contributed by atoms with Crippen LogP contribution in [0.1, 0.15) is 52.5 Å². The second kappa shape index (κ2) is 9.83. The smallest absolute Gasteiger partial charge is 0.118 e. The van der Waals surface area contributed by atoms with Crippen molar-refractivity contribution in [3.63, 3.8) is 0 Å². The highest BCUT2D eigenvalue weighted by Crippen LogP contribution is 2.21.